The van der Waals surface area contributed by atoms with Gasteiger partial charge in [-0.05, 0) is 12.1 Å². The lowest BCUT2D eigenvalue weighted by atomic mass is 9.97. The van der Waals surface area contributed by atoms with Crippen LogP contribution in [-0.4, -0.2) is 25.1 Å². The lowest BCUT2D eigenvalue weighted by Gasteiger charge is -2.12. The van der Waals surface area contributed by atoms with E-state index >= 15 is 0 Å². The van der Waals surface area contributed by atoms with Gasteiger partial charge in [-0.2, -0.15) is 5.26 Å². The van der Waals surface area contributed by atoms with Crippen molar-refractivity contribution in [3.8, 4) is 11.8 Å². The Balaban J connectivity index is 2.29. The lowest BCUT2D eigenvalue weighted by molar-refractivity contribution is 0.0940. The van der Waals surface area contributed by atoms with E-state index in [1.54, 1.807) is 26.0 Å². The van der Waals surface area contributed by atoms with Crippen LogP contribution < -0.4 is 10.5 Å². The largest absolute Gasteiger partial charge is 0.489 e. The molecule has 0 bridgehead atoms. The highest BCUT2D eigenvalue weighted by Gasteiger charge is 2.24. The molecule has 2 rings (SSSR count). The average molecular weight is 260 g/mol. The molecule has 19 heavy (non-hydrogen) atoms. The lowest BCUT2D eigenvalue weighted by Crippen LogP contribution is -2.13. The Labute approximate surface area is 111 Å². The van der Waals surface area contributed by atoms with Gasteiger partial charge in [0.2, 0.25) is 0 Å². The van der Waals surface area contributed by atoms with Crippen molar-refractivity contribution in [1.82, 2.24) is 0 Å². The van der Waals surface area contributed by atoms with Crippen LogP contribution in [0.1, 0.15) is 29.8 Å². The van der Waals surface area contributed by atoms with Gasteiger partial charge in [0, 0.05) is 11.5 Å². The predicted molar refractivity (Wildman–Crippen MR) is 70.0 cm³/mol. The molecule has 0 amide bonds. The highest BCUT2D eigenvalue weighted by molar-refractivity contribution is 6.03. The molecule has 1 atom stereocenters. The van der Waals surface area contributed by atoms with Crippen molar-refractivity contribution in [3.63, 3.8) is 0 Å². The second-order valence-corrected chi connectivity index (χ2v) is 4.80. The summed E-state index contributed by atoms with van der Waals surface area (Å²) in [7, 11) is 0. The van der Waals surface area contributed by atoms with Crippen molar-refractivity contribution in [3.05, 3.63) is 23.3 Å². The summed E-state index contributed by atoms with van der Waals surface area (Å²) in [6.45, 7) is 4.66. The first-order valence-corrected chi connectivity index (χ1v) is 6.15. The third kappa shape index (κ3) is 2.85. The Morgan fingerprint density at radius 1 is 1.63 bits per heavy atom. The van der Waals surface area contributed by atoms with E-state index in [0.29, 0.717) is 24.5 Å². The summed E-state index contributed by atoms with van der Waals surface area (Å²) in [4.78, 5) is 12.0. The van der Waals surface area contributed by atoms with Crippen LogP contribution in [0.25, 0.3) is 0 Å². The fraction of sp³-hybridized carbons (Fsp3) is 0.429. The monoisotopic (exact) mass is 260 g/mol. The minimum absolute atomic E-state index is 0.0777. The number of benzene rings is 1. The molecule has 2 N–H and O–H groups in total. The maximum atomic E-state index is 12.0. The summed E-state index contributed by atoms with van der Waals surface area (Å²) in [6.07, 6.45) is 0.102. The number of rotatable bonds is 5. The molecular weight excluding hydrogens is 244 g/mol. The molecule has 0 saturated carbocycles. The number of epoxide rings is 1. The molecule has 1 fully saturated rings. The minimum Gasteiger partial charge on any atom is -0.489 e. The van der Waals surface area contributed by atoms with E-state index in [4.69, 9.17) is 15.2 Å². The first-order valence-electron chi connectivity index (χ1n) is 6.15. The van der Waals surface area contributed by atoms with Crippen molar-refractivity contribution in [2.24, 2.45) is 5.92 Å². The summed E-state index contributed by atoms with van der Waals surface area (Å²) >= 11 is 0. The maximum absolute atomic E-state index is 12.0. The van der Waals surface area contributed by atoms with Crippen LogP contribution >= 0.6 is 0 Å². The molecule has 1 aliphatic rings. The molecule has 1 unspecified atom stereocenters. The van der Waals surface area contributed by atoms with Crippen LogP contribution in [0.4, 0.5) is 5.69 Å². The number of hydrogen-bond acceptors (Lipinski definition) is 5. The molecule has 1 aromatic carbocycles. The van der Waals surface area contributed by atoms with Crippen LogP contribution in [0, 0.1) is 17.2 Å². The number of hydrogen-bond donors (Lipinski definition) is 1. The molecule has 0 aliphatic carbocycles. The van der Waals surface area contributed by atoms with E-state index in [-0.39, 0.29) is 29.1 Å². The van der Waals surface area contributed by atoms with E-state index in [1.807, 2.05) is 6.07 Å². The summed E-state index contributed by atoms with van der Waals surface area (Å²) in [6, 6.07) is 5.23. The molecular formula is C14H16N2O3. The molecule has 5 nitrogen and oxygen atoms in total. The number of nitriles is 1. The van der Waals surface area contributed by atoms with Gasteiger partial charge in [-0.25, -0.2) is 0 Å². The second kappa shape index (κ2) is 5.29. The van der Waals surface area contributed by atoms with Crippen LogP contribution in [-0.2, 0) is 4.74 Å². The summed E-state index contributed by atoms with van der Waals surface area (Å²) in [5, 5.41) is 9.17. The third-order valence-corrected chi connectivity index (χ3v) is 2.94. The van der Waals surface area contributed by atoms with Gasteiger partial charge in [0.1, 0.15) is 30.1 Å². The molecule has 100 valence electrons. The standard InChI is InChI=1S/C14H16N2O3/c1-8(2)14(17)10-3-4-12(11(5-15)13(10)16)19-7-9-6-18-9/h3-4,8-9H,6-7,16H2,1-2H3. The first-order chi connectivity index (χ1) is 9.04. The van der Waals surface area contributed by atoms with Gasteiger partial charge in [-0.15, -0.1) is 0 Å². The Morgan fingerprint density at radius 2 is 2.32 bits per heavy atom. The highest BCUT2D eigenvalue weighted by Crippen LogP contribution is 2.29. The number of nitrogen functional groups attached to an aromatic ring is 1. The fourth-order valence-electron chi connectivity index (χ4n) is 1.71. The van der Waals surface area contributed by atoms with E-state index in [0.717, 1.165) is 0 Å². The number of carbonyl (C=O) groups is 1. The summed E-state index contributed by atoms with van der Waals surface area (Å²) < 4.78 is 10.5. The maximum Gasteiger partial charge on any atom is 0.167 e. The van der Waals surface area contributed by atoms with E-state index in [2.05, 4.69) is 0 Å². The topological polar surface area (TPSA) is 88.6 Å². The smallest absolute Gasteiger partial charge is 0.167 e. The van der Waals surface area contributed by atoms with Crippen molar-refractivity contribution in [2.75, 3.05) is 18.9 Å². The number of Topliss-reactive ketones (excluding diaryl/α,β-unsaturated/α-hetero) is 1. The Hall–Kier alpha value is -2.06. The number of nitrogens with zero attached hydrogens (tertiary/aromatic N) is 1. The Bertz CT molecular complexity index is 542. The normalized spacial score (nSPS) is 17.1. The van der Waals surface area contributed by atoms with Gasteiger partial charge in [-0.3, -0.25) is 4.79 Å². The van der Waals surface area contributed by atoms with Gasteiger partial charge < -0.3 is 15.2 Å². The van der Waals surface area contributed by atoms with Gasteiger partial charge >= 0.3 is 0 Å². The van der Waals surface area contributed by atoms with Crippen molar-refractivity contribution in [2.45, 2.75) is 20.0 Å². The Morgan fingerprint density at radius 3 is 2.84 bits per heavy atom. The second-order valence-electron chi connectivity index (χ2n) is 4.80. The summed E-state index contributed by atoms with van der Waals surface area (Å²) in [5.74, 6) is 0.155. The van der Waals surface area contributed by atoms with E-state index in [9.17, 15) is 10.1 Å². The molecule has 1 aromatic rings. The zero-order valence-corrected chi connectivity index (χ0v) is 11.0. The first kappa shape index (κ1) is 13.4. The summed E-state index contributed by atoms with van der Waals surface area (Å²) in [5.41, 5.74) is 6.68. The van der Waals surface area contributed by atoms with Gasteiger partial charge in [0.05, 0.1) is 12.3 Å². The predicted octanol–water partition coefficient (Wildman–Crippen LogP) is 1.76. The zero-order valence-electron chi connectivity index (χ0n) is 11.0. The van der Waals surface area contributed by atoms with Gasteiger partial charge in [0.25, 0.3) is 0 Å². The van der Waals surface area contributed by atoms with E-state index in [1.165, 1.54) is 0 Å². The molecule has 1 aliphatic heterocycles. The number of ketones is 1. The number of ether oxygens (including phenoxy) is 2. The Kier molecular flexibility index (Phi) is 3.72. The van der Waals surface area contributed by atoms with Crippen molar-refractivity contribution < 1.29 is 14.3 Å². The van der Waals surface area contributed by atoms with Gasteiger partial charge in [-0.1, -0.05) is 13.8 Å². The van der Waals surface area contributed by atoms with Crippen LogP contribution in [0.15, 0.2) is 12.1 Å². The average Bonchev–Trinajstić information content (AvgIpc) is 3.19. The molecule has 0 spiro atoms. The molecule has 1 heterocycles. The number of carbonyl (C=O) groups excluding carboxylic acids is 1. The quantitative estimate of drug-likeness (QED) is 0.495. The highest BCUT2D eigenvalue weighted by atomic mass is 16.6. The van der Waals surface area contributed by atoms with Crippen LogP contribution in [0.2, 0.25) is 0 Å². The molecule has 0 aromatic heterocycles. The number of nitrogens with two attached hydrogens (primary N) is 1. The number of anilines is 1. The minimum atomic E-state index is -0.166. The fourth-order valence-corrected chi connectivity index (χ4v) is 1.71. The van der Waals surface area contributed by atoms with Crippen molar-refractivity contribution >= 4 is 11.5 Å². The molecule has 1 saturated heterocycles. The van der Waals surface area contributed by atoms with E-state index < -0.39 is 0 Å². The van der Waals surface area contributed by atoms with Crippen LogP contribution in [0.5, 0.6) is 5.75 Å². The third-order valence-electron chi connectivity index (χ3n) is 2.94. The van der Waals surface area contributed by atoms with Gasteiger partial charge in [0.15, 0.2) is 5.78 Å². The SMILES string of the molecule is CC(C)C(=O)c1ccc(OCC2CO2)c(C#N)c1N. The molecule has 5 heteroatoms. The zero-order chi connectivity index (χ0) is 14.0. The van der Waals surface area contributed by atoms with Crippen LogP contribution in [0.3, 0.4) is 0 Å². The van der Waals surface area contributed by atoms with Crippen molar-refractivity contribution in [1.29, 1.82) is 5.26 Å². The molecule has 0 radical (unpaired) electrons.